The zero-order valence-corrected chi connectivity index (χ0v) is 16.7. The summed E-state index contributed by atoms with van der Waals surface area (Å²) in [6, 6.07) is 9.26. The second-order valence-electron chi connectivity index (χ2n) is 5.68. The molecule has 0 aromatic heterocycles. The Labute approximate surface area is 173 Å². The van der Waals surface area contributed by atoms with E-state index in [0.29, 0.717) is 5.75 Å². The van der Waals surface area contributed by atoms with E-state index in [-0.39, 0.29) is 23.2 Å². The molecule has 0 saturated heterocycles. The van der Waals surface area contributed by atoms with E-state index in [0.717, 1.165) is 34.7 Å². The molecule has 0 aliphatic carbocycles. The van der Waals surface area contributed by atoms with Gasteiger partial charge in [0.2, 0.25) is 0 Å². The highest BCUT2D eigenvalue weighted by atomic mass is 32.2. The van der Waals surface area contributed by atoms with Gasteiger partial charge in [-0.25, -0.2) is 0 Å². The predicted octanol–water partition coefficient (Wildman–Crippen LogP) is 5.76. The van der Waals surface area contributed by atoms with E-state index in [1.807, 2.05) is 13.0 Å². The molecule has 0 atom stereocenters. The molecule has 0 bridgehead atoms. The Kier molecular flexibility index (Phi) is 10.1. The first-order valence-corrected chi connectivity index (χ1v) is 9.20. The van der Waals surface area contributed by atoms with Crippen LogP contribution in [0.15, 0.2) is 59.0 Å². The first-order valence-electron chi connectivity index (χ1n) is 8.22. The highest BCUT2D eigenvalue weighted by Crippen LogP contribution is 2.31. The van der Waals surface area contributed by atoms with Crippen molar-refractivity contribution in [1.29, 1.82) is 0 Å². The van der Waals surface area contributed by atoms with Gasteiger partial charge in [0.25, 0.3) is 6.08 Å². The summed E-state index contributed by atoms with van der Waals surface area (Å²) in [5.41, 5.74) is -0.171. The van der Waals surface area contributed by atoms with Gasteiger partial charge in [0.15, 0.2) is 0 Å². The summed E-state index contributed by atoms with van der Waals surface area (Å²) in [6.45, 7) is 1.44. The molecule has 0 amide bonds. The van der Waals surface area contributed by atoms with Crippen molar-refractivity contribution >= 4 is 17.9 Å². The Morgan fingerprint density at radius 3 is 2.13 bits per heavy atom. The Morgan fingerprint density at radius 1 is 1.07 bits per heavy atom. The van der Waals surface area contributed by atoms with Crippen molar-refractivity contribution in [3.8, 4) is 11.5 Å². The molecule has 162 valence electrons. The van der Waals surface area contributed by atoms with Gasteiger partial charge in [0, 0.05) is 16.2 Å². The lowest BCUT2D eigenvalue weighted by Gasteiger charge is -2.11. The Balaban J connectivity index is 0.00000141. The third kappa shape index (κ3) is 8.26. The second kappa shape index (κ2) is 12.0. The molecule has 0 radical (unpaired) electrons. The van der Waals surface area contributed by atoms with Crippen LogP contribution in [0, 0.1) is 6.92 Å². The van der Waals surface area contributed by atoms with Crippen LogP contribution < -0.4 is 9.47 Å². The Morgan fingerprint density at radius 2 is 1.67 bits per heavy atom. The Hall–Kier alpha value is -2.84. The van der Waals surface area contributed by atoms with Crippen molar-refractivity contribution in [2.24, 2.45) is 0 Å². The molecule has 0 fully saturated rings. The summed E-state index contributed by atoms with van der Waals surface area (Å²) in [6.07, 6.45) is -6.07. The first-order chi connectivity index (χ1) is 14.1. The van der Waals surface area contributed by atoms with Crippen molar-refractivity contribution in [2.75, 3.05) is 19.5 Å². The molecular formula is C20H17F5O4S. The smallest absolute Gasteiger partial charge is 0.416 e. The number of halogens is 5. The van der Waals surface area contributed by atoms with E-state index in [4.69, 9.17) is 19.1 Å². The maximum absolute atomic E-state index is 13.1. The van der Waals surface area contributed by atoms with Crippen LogP contribution in [0.3, 0.4) is 0 Å². The second-order valence-corrected chi connectivity index (χ2v) is 6.73. The molecular weight excluding hydrogens is 431 g/mol. The lowest BCUT2D eigenvalue weighted by molar-refractivity contribution is -0.191. The van der Waals surface area contributed by atoms with Gasteiger partial charge in [0.1, 0.15) is 18.1 Å². The van der Waals surface area contributed by atoms with E-state index in [9.17, 15) is 22.0 Å². The molecule has 2 rings (SSSR count). The normalized spacial score (nSPS) is 10.4. The minimum absolute atomic E-state index is 0.00522. The van der Waals surface area contributed by atoms with Crippen LogP contribution >= 0.6 is 11.8 Å². The SMILES string of the molecule is COc1ccc(SCC(COc2ccc(C(F)(F)F)cc2)=C(F)F)cc1C.O=C=O. The number of rotatable bonds is 7. The molecule has 0 spiro atoms. The van der Waals surface area contributed by atoms with Gasteiger partial charge in [-0.15, -0.1) is 11.8 Å². The van der Waals surface area contributed by atoms with Crippen LogP contribution in [0.2, 0.25) is 0 Å². The van der Waals surface area contributed by atoms with E-state index in [1.165, 1.54) is 11.8 Å². The highest BCUT2D eigenvalue weighted by molar-refractivity contribution is 7.99. The molecule has 0 N–H and O–H groups in total. The standard InChI is InChI=1S/C19H17F5O2S.CO2/c1-12-9-16(7-8-17(12)25-2)27-11-13(18(20)21)10-26-15-5-3-14(4-6-15)19(22,23)24;2-1-3/h3-9H,10-11H2,1-2H3;. The van der Waals surface area contributed by atoms with Crippen molar-refractivity contribution in [2.45, 2.75) is 18.0 Å². The summed E-state index contributed by atoms with van der Waals surface area (Å²) in [5.74, 6) is 0.791. The van der Waals surface area contributed by atoms with E-state index in [1.54, 1.807) is 19.2 Å². The zero-order chi connectivity index (χ0) is 22.7. The average Bonchev–Trinajstić information content (AvgIpc) is 2.68. The van der Waals surface area contributed by atoms with Crippen molar-refractivity contribution in [1.82, 2.24) is 0 Å². The quantitative estimate of drug-likeness (QED) is 0.398. The van der Waals surface area contributed by atoms with E-state index < -0.39 is 24.4 Å². The molecule has 2 aromatic rings. The monoisotopic (exact) mass is 448 g/mol. The maximum Gasteiger partial charge on any atom is 0.416 e. The van der Waals surface area contributed by atoms with Crippen LogP contribution in [-0.4, -0.2) is 25.6 Å². The van der Waals surface area contributed by atoms with Crippen LogP contribution in [0.5, 0.6) is 11.5 Å². The van der Waals surface area contributed by atoms with Crippen molar-refractivity contribution in [3.05, 3.63) is 65.2 Å². The topological polar surface area (TPSA) is 52.6 Å². The summed E-state index contributed by atoms with van der Waals surface area (Å²) in [4.78, 5) is 17.0. The molecule has 10 heteroatoms. The number of hydrogen-bond donors (Lipinski definition) is 0. The average molecular weight is 448 g/mol. The number of ether oxygens (including phenoxy) is 2. The van der Waals surface area contributed by atoms with Crippen LogP contribution in [0.1, 0.15) is 11.1 Å². The maximum atomic E-state index is 13.1. The largest absolute Gasteiger partial charge is 0.496 e. The summed E-state index contributed by atoms with van der Waals surface area (Å²) < 4.78 is 74.2. The summed E-state index contributed by atoms with van der Waals surface area (Å²) in [7, 11) is 1.55. The third-order valence-corrected chi connectivity index (χ3v) is 4.72. The van der Waals surface area contributed by atoms with Gasteiger partial charge in [0.05, 0.1) is 12.7 Å². The van der Waals surface area contributed by atoms with Gasteiger partial charge in [-0.05, 0) is 55.0 Å². The van der Waals surface area contributed by atoms with Crippen molar-refractivity contribution < 1.29 is 41.0 Å². The number of methoxy groups -OCH3 is 1. The number of benzene rings is 2. The van der Waals surface area contributed by atoms with E-state index >= 15 is 0 Å². The summed E-state index contributed by atoms with van der Waals surface area (Å²) >= 11 is 1.21. The number of aryl methyl sites for hydroxylation is 1. The van der Waals surface area contributed by atoms with Crippen LogP contribution in [0.4, 0.5) is 22.0 Å². The lowest BCUT2D eigenvalue weighted by Crippen LogP contribution is -2.06. The highest BCUT2D eigenvalue weighted by Gasteiger charge is 2.30. The van der Waals surface area contributed by atoms with Crippen molar-refractivity contribution in [3.63, 3.8) is 0 Å². The van der Waals surface area contributed by atoms with Gasteiger partial charge in [-0.1, -0.05) is 0 Å². The molecule has 30 heavy (non-hydrogen) atoms. The fraction of sp³-hybridized carbons (Fsp3) is 0.250. The van der Waals surface area contributed by atoms with Gasteiger partial charge < -0.3 is 9.47 Å². The molecule has 0 heterocycles. The molecule has 2 aromatic carbocycles. The van der Waals surface area contributed by atoms with Gasteiger partial charge in [-0.2, -0.15) is 31.5 Å². The molecule has 0 unspecified atom stereocenters. The minimum atomic E-state index is -4.46. The van der Waals surface area contributed by atoms with Crippen LogP contribution in [-0.2, 0) is 15.8 Å². The van der Waals surface area contributed by atoms with Crippen LogP contribution in [0.25, 0.3) is 0 Å². The molecule has 4 nitrogen and oxygen atoms in total. The number of alkyl halides is 3. The van der Waals surface area contributed by atoms with E-state index in [2.05, 4.69) is 0 Å². The van der Waals surface area contributed by atoms with Gasteiger partial charge >= 0.3 is 12.3 Å². The fourth-order valence-corrected chi connectivity index (χ4v) is 3.13. The fourth-order valence-electron chi connectivity index (χ4n) is 2.17. The first kappa shape index (κ1) is 25.2. The number of hydrogen-bond acceptors (Lipinski definition) is 5. The predicted molar refractivity (Wildman–Crippen MR) is 99.6 cm³/mol. The third-order valence-electron chi connectivity index (χ3n) is 3.64. The number of carbonyl (C=O) groups excluding carboxylic acids is 2. The summed E-state index contributed by atoms with van der Waals surface area (Å²) in [5, 5.41) is 0. The van der Waals surface area contributed by atoms with Gasteiger partial charge in [-0.3, -0.25) is 0 Å². The molecule has 0 aliphatic rings. The Bertz CT molecular complexity index is 885. The molecule has 0 saturated carbocycles. The lowest BCUT2D eigenvalue weighted by atomic mass is 10.2. The molecule has 0 aliphatic heterocycles. The minimum Gasteiger partial charge on any atom is -0.496 e. The zero-order valence-electron chi connectivity index (χ0n) is 15.9. The number of thioether (sulfide) groups is 1.